The minimum Gasteiger partial charge on any atom is -0.452 e. The van der Waals surface area contributed by atoms with Crippen LogP contribution < -0.4 is 4.90 Å². The van der Waals surface area contributed by atoms with Crippen molar-refractivity contribution in [3.8, 4) is 0 Å². The number of nitrogens with zero attached hydrogens (tertiary/aromatic N) is 3. The first-order chi connectivity index (χ1) is 12.2. The largest absolute Gasteiger partial charge is 0.452 e. The van der Waals surface area contributed by atoms with Crippen LogP contribution in [-0.4, -0.2) is 67.7 Å². The summed E-state index contributed by atoms with van der Waals surface area (Å²) in [5.74, 6) is -1.10. The van der Waals surface area contributed by atoms with E-state index in [9.17, 15) is 19.7 Å². The van der Waals surface area contributed by atoms with Gasteiger partial charge in [0, 0.05) is 33.3 Å². The van der Waals surface area contributed by atoms with E-state index in [2.05, 4.69) is 0 Å². The van der Waals surface area contributed by atoms with Gasteiger partial charge in [-0.3, -0.25) is 14.9 Å². The summed E-state index contributed by atoms with van der Waals surface area (Å²) in [4.78, 5) is 38.2. The Morgan fingerprint density at radius 1 is 1.31 bits per heavy atom. The van der Waals surface area contributed by atoms with Crippen LogP contribution in [0.4, 0.5) is 11.4 Å². The van der Waals surface area contributed by atoms with E-state index in [-0.39, 0.29) is 29.4 Å². The molecule has 0 bridgehead atoms. The Morgan fingerprint density at radius 3 is 2.46 bits per heavy atom. The fourth-order valence-corrected chi connectivity index (χ4v) is 2.86. The molecule has 26 heavy (non-hydrogen) atoms. The van der Waals surface area contributed by atoms with Gasteiger partial charge in [0.2, 0.25) is 0 Å². The van der Waals surface area contributed by atoms with Crippen molar-refractivity contribution in [2.45, 2.75) is 26.1 Å². The molecule has 1 amide bonds. The Hall–Kier alpha value is -2.68. The topological polar surface area (TPSA) is 102 Å². The number of hydrogen-bond acceptors (Lipinski definition) is 7. The van der Waals surface area contributed by atoms with Gasteiger partial charge < -0.3 is 19.3 Å². The Kier molecular flexibility index (Phi) is 6.14. The van der Waals surface area contributed by atoms with E-state index in [1.807, 2.05) is 13.8 Å². The summed E-state index contributed by atoms with van der Waals surface area (Å²) in [6, 6.07) is 4.07. The molecule has 1 aromatic carbocycles. The van der Waals surface area contributed by atoms with Crippen molar-refractivity contribution in [2.75, 3.05) is 38.7 Å². The van der Waals surface area contributed by atoms with Gasteiger partial charge in [-0.05, 0) is 26.0 Å². The maximum atomic E-state index is 12.2. The fourth-order valence-electron chi connectivity index (χ4n) is 2.86. The molecule has 1 aromatic rings. The molecule has 9 nitrogen and oxygen atoms in total. The van der Waals surface area contributed by atoms with Gasteiger partial charge in [-0.25, -0.2) is 4.79 Å². The second kappa shape index (κ2) is 8.13. The lowest BCUT2D eigenvalue weighted by atomic mass is 10.1. The minimum absolute atomic E-state index is 0.0267. The highest BCUT2D eigenvalue weighted by Gasteiger charge is 2.27. The lowest BCUT2D eigenvalue weighted by Crippen LogP contribution is -2.49. The number of benzene rings is 1. The number of amides is 1. The van der Waals surface area contributed by atoms with Gasteiger partial charge in [0.25, 0.3) is 11.6 Å². The molecule has 2 rings (SSSR count). The SMILES string of the molecule is C[C@@H]1CN(C(=O)COC(=O)c2ccc(N(C)C)c([N+](=O)[O-])c2)C[C@@H](C)O1. The molecular weight excluding hydrogens is 342 g/mol. The van der Waals surface area contributed by atoms with Crippen LogP contribution in [0.15, 0.2) is 18.2 Å². The van der Waals surface area contributed by atoms with Crippen molar-refractivity contribution < 1.29 is 24.0 Å². The van der Waals surface area contributed by atoms with Gasteiger partial charge in [0.1, 0.15) is 5.69 Å². The number of carbonyl (C=O) groups excluding carboxylic acids is 2. The molecule has 1 saturated heterocycles. The number of ether oxygens (including phenoxy) is 2. The van der Waals surface area contributed by atoms with Gasteiger partial charge in [0.15, 0.2) is 6.61 Å². The van der Waals surface area contributed by atoms with Crippen molar-refractivity contribution >= 4 is 23.3 Å². The summed E-state index contributed by atoms with van der Waals surface area (Å²) in [5.41, 5.74) is 0.198. The Labute approximate surface area is 151 Å². The first-order valence-electron chi connectivity index (χ1n) is 8.25. The summed E-state index contributed by atoms with van der Waals surface area (Å²) in [7, 11) is 3.34. The van der Waals surface area contributed by atoms with E-state index >= 15 is 0 Å². The lowest BCUT2D eigenvalue weighted by molar-refractivity contribution is -0.384. The van der Waals surface area contributed by atoms with Crippen LogP contribution in [0.3, 0.4) is 0 Å². The van der Waals surface area contributed by atoms with E-state index in [0.717, 1.165) is 6.07 Å². The zero-order chi connectivity index (χ0) is 19.4. The number of carbonyl (C=O) groups is 2. The standard InChI is InChI=1S/C17H23N3O6/c1-11-8-19(9-12(2)26-11)16(21)10-25-17(22)13-5-6-14(18(3)4)15(7-13)20(23)24/h5-7,11-12H,8-10H2,1-4H3/t11-,12-/m1/s1. The maximum Gasteiger partial charge on any atom is 0.338 e. The number of esters is 1. The summed E-state index contributed by atoms with van der Waals surface area (Å²) < 4.78 is 10.6. The normalized spacial score (nSPS) is 19.8. The number of morpholine rings is 1. The summed E-state index contributed by atoms with van der Waals surface area (Å²) in [6.07, 6.45) is -0.167. The van der Waals surface area contributed by atoms with E-state index in [0.29, 0.717) is 18.8 Å². The van der Waals surface area contributed by atoms with Gasteiger partial charge in [-0.1, -0.05) is 0 Å². The number of nitro benzene ring substituents is 1. The third-order valence-corrected chi connectivity index (χ3v) is 3.99. The lowest BCUT2D eigenvalue weighted by Gasteiger charge is -2.35. The third kappa shape index (κ3) is 4.69. The molecular formula is C17H23N3O6. The molecule has 0 saturated carbocycles. The highest BCUT2D eigenvalue weighted by molar-refractivity contribution is 5.93. The average Bonchev–Trinajstić information content (AvgIpc) is 2.57. The maximum absolute atomic E-state index is 12.2. The molecule has 0 aliphatic carbocycles. The smallest absolute Gasteiger partial charge is 0.338 e. The molecule has 0 spiro atoms. The van der Waals surface area contributed by atoms with Gasteiger partial charge in [-0.2, -0.15) is 0 Å². The first-order valence-corrected chi connectivity index (χ1v) is 8.25. The third-order valence-electron chi connectivity index (χ3n) is 3.99. The van der Waals surface area contributed by atoms with Crippen molar-refractivity contribution in [3.05, 3.63) is 33.9 Å². The molecule has 1 aliphatic heterocycles. The van der Waals surface area contributed by atoms with E-state index in [1.165, 1.54) is 12.1 Å². The number of rotatable bonds is 5. The quantitative estimate of drug-likeness (QED) is 0.442. The van der Waals surface area contributed by atoms with Gasteiger partial charge in [0.05, 0.1) is 22.7 Å². The van der Waals surface area contributed by atoms with Crippen molar-refractivity contribution in [1.82, 2.24) is 4.90 Å². The molecule has 1 aliphatic rings. The van der Waals surface area contributed by atoms with Crippen LogP contribution in [0.2, 0.25) is 0 Å². The van der Waals surface area contributed by atoms with Gasteiger partial charge >= 0.3 is 5.97 Å². The Balaban J connectivity index is 2.02. The fraction of sp³-hybridized carbons (Fsp3) is 0.529. The Morgan fingerprint density at radius 2 is 1.92 bits per heavy atom. The van der Waals surface area contributed by atoms with Crippen LogP contribution in [0.1, 0.15) is 24.2 Å². The molecule has 1 fully saturated rings. The second-order valence-corrected chi connectivity index (χ2v) is 6.49. The summed E-state index contributed by atoms with van der Waals surface area (Å²) in [6.45, 7) is 4.19. The molecule has 2 atom stereocenters. The van der Waals surface area contributed by atoms with Crippen LogP contribution in [-0.2, 0) is 14.3 Å². The number of hydrogen-bond donors (Lipinski definition) is 0. The minimum atomic E-state index is -0.777. The molecule has 0 N–H and O–H groups in total. The van der Waals surface area contributed by atoms with Gasteiger partial charge in [-0.15, -0.1) is 0 Å². The van der Waals surface area contributed by atoms with Crippen LogP contribution in [0.5, 0.6) is 0 Å². The van der Waals surface area contributed by atoms with Crippen LogP contribution >= 0.6 is 0 Å². The monoisotopic (exact) mass is 365 g/mol. The summed E-state index contributed by atoms with van der Waals surface area (Å²) >= 11 is 0. The number of nitro groups is 1. The zero-order valence-electron chi connectivity index (χ0n) is 15.3. The van der Waals surface area contributed by atoms with Crippen molar-refractivity contribution in [1.29, 1.82) is 0 Å². The second-order valence-electron chi connectivity index (χ2n) is 6.49. The highest BCUT2D eigenvalue weighted by atomic mass is 16.6. The van der Waals surface area contributed by atoms with E-state index < -0.39 is 17.5 Å². The molecule has 9 heteroatoms. The molecule has 0 radical (unpaired) electrons. The summed E-state index contributed by atoms with van der Waals surface area (Å²) in [5, 5.41) is 11.2. The predicted octanol–water partition coefficient (Wildman–Crippen LogP) is 1.45. The highest BCUT2D eigenvalue weighted by Crippen LogP contribution is 2.28. The van der Waals surface area contributed by atoms with Crippen molar-refractivity contribution in [3.63, 3.8) is 0 Å². The first kappa shape index (κ1) is 19.6. The van der Waals surface area contributed by atoms with Crippen LogP contribution in [0, 0.1) is 10.1 Å². The Bertz CT molecular complexity index is 696. The van der Waals surface area contributed by atoms with Crippen LogP contribution in [0.25, 0.3) is 0 Å². The average molecular weight is 365 g/mol. The molecule has 142 valence electrons. The van der Waals surface area contributed by atoms with E-state index in [1.54, 1.807) is 23.9 Å². The number of anilines is 1. The molecule has 1 heterocycles. The molecule has 0 unspecified atom stereocenters. The zero-order valence-corrected chi connectivity index (χ0v) is 15.3. The van der Waals surface area contributed by atoms with Crippen molar-refractivity contribution in [2.24, 2.45) is 0 Å². The molecule has 0 aromatic heterocycles. The predicted molar refractivity (Wildman–Crippen MR) is 94.3 cm³/mol. The van der Waals surface area contributed by atoms with E-state index in [4.69, 9.17) is 9.47 Å².